The molecular formula is C11H13BrClNO2. The van der Waals surface area contributed by atoms with Crippen LogP contribution in [0.5, 0.6) is 5.75 Å². The van der Waals surface area contributed by atoms with Crippen molar-refractivity contribution in [1.29, 1.82) is 0 Å². The summed E-state index contributed by atoms with van der Waals surface area (Å²) < 4.78 is 0.728. The van der Waals surface area contributed by atoms with E-state index in [0.29, 0.717) is 5.88 Å². The van der Waals surface area contributed by atoms with Gasteiger partial charge in [-0.25, -0.2) is 0 Å². The van der Waals surface area contributed by atoms with Crippen molar-refractivity contribution < 1.29 is 9.90 Å². The van der Waals surface area contributed by atoms with Crippen LogP contribution in [0.15, 0.2) is 22.7 Å². The monoisotopic (exact) mass is 305 g/mol. The van der Waals surface area contributed by atoms with Crippen LogP contribution in [0.4, 0.5) is 0 Å². The van der Waals surface area contributed by atoms with E-state index in [1.165, 1.54) is 6.07 Å². The number of hydrogen-bond acceptors (Lipinski definition) is 2. The van der Waals surface area contributed by atoms with Gasteiger partial charge in [-0.1, -0.05) is 22.9 Å². The maximum atomic E-state index is 11.8. The maximum absolute atomic E-state index is 11.8. The van der Waals surface area contributed by atoms with Crippen molar-refractivity contribution in [3.63, 3.8) is 0 Å². The molecule has 0 spiro atoms. The van der Waals surface area contributed by atoms with E-state index in [1.807, 2.05) is 6.92 Å². The lowest BCUT2D eigenvalue weighted by molar-refractivity contribution is 0.0937. The van der Waals surface area contributed by atoms with Gasteiger partial charge in [-0.3, -0.25) is 4.79 Å². The first-order valence-corrected chi connectivity index (χ1v) is 6.26. The Morgan fingerprint density at radius 2 is 2.31 bits per heavy atom. The van der Waals surface area contributed by atoms with Gasteiger partial charge in [0.1, 0.15) is 5.75 Å². The predicted octanol–water partition coefficient (Wildman–Crippen LogP) is 2.90. The number of carbonyl (C=O) groups excluding carboxylic acids is 1. The highest BCUT2D eigenvalue weighted by Crippen LogP contribution is 2.22. The summed E-state index contributed by atoms with van der Waals surface area (Å²) in [6, 6.07) is 4.68. The zero-order valence-electron chi connectivity index (χ0n) is 8.84. The second kappa shape index (κ2) is 6.11. The highest BCUT2D eigenvalue weighted by molar-refractivity contribution is 9.10. The molecule has 0 aliphatic heterocycles. The van der Waals surface area contributed by atoms with Crippen molar-refractivity contribution in [2.75, 3.05) is 5.88 Å². The van der Waals surface area contributed by atoms with E-state index in [4.69, 9.17) is 11.6 Å². The minimum absolute atomic E-state index is 0.0451. The average Bonchev–Trinajstić information content (AvgIpc) is 2.25. The van der Waals surface area contributed by atoms with E-state index in [2.05, 4.69) is 21.2 Å². The normalized spacial score (nSPS) is 12.2. The summed E-state index contributed by atoms with van der Waals surface area (Å²) in [5.41, 5.74) is 0.256. The molecule has 1 aromatic carbocycles. The summed E-state index contributed by atoms with van der Waals surface area (Å²) >= 11 is 8.89. The number of alkyl halides is 1. The molecule has 0 bridgehead atoms. The Balaban J connectivity index is 2.80. The molecule has 0 aromatic heterocycles. The smallest absolute Gasteiger partial charge is 0.255 e. The molecule has 1 aromatic rings. The minimum atomic E-state index is -0.308. The lowest BCUT2D eigenvalue weighted by Crippen LogP contribution is -2.35. The quantitative estimate of drug-likeness (QED) is 0.840. The molecular weight excluding hydrogens is 293 g/mol. The fourth-order valence-corrected chi connectivity index (χ4v) is 1.85. The van der Waals surface area contributed by atoms with Gasteiger partial charge in [-0.15, -0.1) is 11.6 Å². The van der Waals surface area contributed by atoms with Crippen LogP contribution in [-0.4, -0.2) is 22.9 Å². The van der Waals surface area contributed by atoms with Gasteiger partial charge in [0, 0.05) is 16.4 Å². The minimum Gasteiger partial charge on any atom is -0.507 e. The number of halogens is 2. The lowest BCUT2D eigenvalue weighted by atomic mass is 10.1. The molecule has 16 heavy (non-hydrogen) atoms. The first-order chi connectivity index (χ1) is 7.58. The molecule has 1 rings (SSSR count). The molecule has 5 heteroatoms. The molecule has 0 aliphatic rings. The number of aromatic hydroxyl groups is 1. The van der Waals surface area contributed by atoms with Crippen molar-refractivity contribution in [1.82, 2.24) is 5.32 Å². The van der Waals surface area contributed by atoms with Crippen molar-refractivity contribution in [3.8, 4) is 5.75 Å². The molecule has 0 aliphatic carbocycles. The van der Waals surface area contributed by atoms with Gasteiger partial charge in [0.05, 0.1) is 5.56 Å². The standard InChI is InChI=1S/C11H13BrClNO2/c1-2-8(6-13)14-11(16)9-4-3-7(12)5-10(9)15/h3-5,8,15H,2,6H2,1H3,(H,14,16). The van der Waals surface area contributed by atoms with Crippen LogP contribution >= 0.6 is 27.5 Å². The number of carbonyl (C=O) groups is 1. The molecule has 88 valence electrons. The molecule has 0 radical (unpaired) electrons. The topological polar surface area (TPSA) is 49.3 Å². The molecule has 0 saturated carbocycles. The van der Waals surface area contributed by atoms with Crippen molar-refractivity contribution in [2.45, 2.75) is 19.4 Å². The lowest BCUT2D eigenvalue weighted by Gasteiger charge is -2.14. The molecule has 2 N–H and O–H groups in total. The van der Waals surface area contributed by atoms with E-state index >= 15 is 0 Å². The van der Waals surface area contributed by atoms with Gasteiger partial charge in [-0.2, -0.15) is 0 Å². The number of hydrogen-bond donors (Lipinski definition) is 2. The van der Waals surface area contributed by atoms with E-state index in [0.717, 1.165) is 10.9 Å². The number of phenols is 1. The van der Waals surface area contributed by atoms with E-state index < -0.39 is 0 Å². The van der Waals surface area contributed by atoms with Gasteiger partial charge >= 0.3 is 0 Å². The molecule has 1 atom stereocenters. The number of phenolic OH excluding ortho intramolecular Hbond substituents is 1. The third-order valence-electron chi connectivity index (χ3n) is 2.22. The number of amides is 1. The molecule has 1 unspecified atom stereocenters. The van der Waals surface area contributed by atoms with Gasteiger partial charge in [0.25, 0.3) is 5.91 Å². The van der Waals surface area contributed by atoms with Crippen molar-refractivity contribution >= 4 is 33.4 Å². The second-order valence-corrected chi connectivity index (χ2v) is 4.62. The Labute approximate surface area is 108 Å². The van der Waals surface area contributed by atoms with E-state index in [9.17, 15) is 9.90 Å². The summed E-state index contributed by atoms with van der Waals surface area (Å²) in [5.74, 6) is 0.00768. The van der Waals surface area contributed by atoms with Crippen LogP contribution in [-0.2, 0) is 0 Å². The Morgan fingerprint density at radius 1 is 1.62 bits per heavy atom. The fraction of sp³-hybridized carbons (Fsp3) is 0.364. The van der Waals surface area contributed by atoms with Gasteiger partial charge in [0.2, 0.25) is 0 Å². The highest BCUT2D eigenvalue weighted by atomic mass is 79.9. The van der Waals surface area contributed by atoms with Crippen LogP contribution in [0.25, 0.3) is 0 Å². The average molecular weight is 307 g/mol. The maximum Gasteiger partial charge on any atom is 0.255 e. The molecule has 0 fully saturated rings. The SMILES string of the molecule is CCC(CCl)NC(=O)c1ccc(Br)cc1O. The van der Waals surface area contributed by atoms with Crippen LogP contribution < -0.4 is 5.32 Å². The zero-order valence-corrected chi connectivity index (χ0v) is 11.2. The predicted molar refractivity (Wildman–Crippen MR) is 68.1 cm³/mol. The van der Waals surface area contributed by atoms with Crippen LogP contribution in [0.2, 0.25) is 0 Å². The molecule has 3 nitrogen and oxygen atoms in total. The zero-order chi connectivity index (χ0) is 12.1. The second-order valence-electron chi connectivity index (χ2n) is 3.39. The van der Waals surface area contributed by atoms with Gasteiger partial charge < -0.3 is 10.4 Å². The third kappa shape index (κ3) is 3.39. The Morgan fingerprint density at radius 3 is 2.81 bits per heavy atom. The molecule has 0 heterocycles. The first kappa shape index (κ1) is 13.3. The molecule has 0 saturated heterocycles. The summed E-state index contributed by atoms with van der Waals surface area (Å²) in [7, 11) is 0. The summed E-state index contributed by atoms with van der Waals surface area (Å²) in [4.78, 5) is 11.8. The van der Waals surface area contributed by atoms with Crippen molar-refractivity contribution in [2.24, 2.45) is 0 Å². The first-order valence-electron chi connectivity index (χ1n) is 4.93. The Hall–Kier alpha value is -0.740. The van der Waals surface area contributed by atoms with E-state index in [1.54, 1.807) is 12.1 Å². The number of benzene rings is 1. The van der Waals surface area contributed by atoms with Gasteiger partial charge in [0.15, 0.2) is 0 Å². The summed E-state index contributed by atoms with van der Waals surface area (Å²) in [6.07, 6.45) is 0.756. The summed E-state index contributed by atoms with van der Waals surface area (Å²) in [6.45, 7) is 1.94. The fourth-order valence-electron chi connectivity index (χ4n) is 1.21. The number of nitrogens with one attached hydrogen (secondary N) is 1. The third-order valence-corrected chi connectivity index (χ3v) is 3.08. The van der Waals surface area contributed by atoms with Crippen molar-refractivity contribution in [3.05, 3.63) is 28.2 Å². The summed E-state index contributed by atoms with van der Waals surface area (Å²) in [5, 5.41) is 12.3. The largest absolute Gasteiger partial charge is 0.507 e. The highest BCUT2D eigenvalue weighted by Gasteiger charge is 2.14. The Bertz CT molecular complexity index is 380. The van der Waals surface area contributed by atoms with Gasteiger partial charge in [-0.05, 0) is 24.6 Å². The van der Waals surface area contributed by atoms with Crippen LogP contribution in [0.3, 0.4) is 0 Å². The van der Waals surface area contributed by atoms with Crippen LogP contribution in [0.1, 0.15) is 23.7 Å². The van der Waals surface area contributed by atoms with E-state index in [-0.39, 0.29) is 23.3 Å². The Kier molecular flexibility index (Phi) is 5.09. The molecule has 1 amide bonds. The number of rotatable bonds is 4. The van der Waals surface area contributed by atoms with Crippen LogP contribution in [0, 0.1) is 0 Å².